The van der Waals surface area contributed by atoms with Crippen LogP contribution >= 0.6 is 0 Å². The topological polar surface area (TPSA) is 82.3 Å². The zero-order valence-electron chi connectivity index (χ0n) is 19.1. The molecule has 1 saturated heterocycles. The second-order valence-corrected chi connectivity index (χ2v) is 10.6. The summed E-state index contributed by atoms with van der Waals surface area (Å²) in [4.78, 5) is 18.1. The lowest BCUT2D eigenvalue weighted by Gasteiger charge is -2.32. The fourth-order valence-corrected chi connectivity index (χ4v) is 5.74. The van der Waals surface area contributed by atoms with Gasteiger partial charge in [0, 0.05) is 35.9 Å². The van der Waals surface area contributed by atoms with Crippen LogP contribution in [0.15, 0.2) is 83.9 Å². The lowest BCUT2D eigenvalue weighted by molar-refractivity contribution is -0.131. The Balaban J connectivity index is 1.17. The van der Waals surface area contributed by atoms with E-state index >= 15 is 0 Å². The molecule has 8 heteroatoms. The van der Waals surface area contributed by atoms with Crippen LogP contribution in [0, 0.1) is 5.82 Å². The Hall–Kier alpha value is -3.65. The molecule has 6 nitrogen and oxygen atoms in total. The number of amides is 1. The van der Waals surface area contributed by atoms with E-state index in [1.165, 1.54) is 23.1 Å². The van der Waals surface area contributed by atoms with Crippen LogP contribution in [0.3, 0.4) is 0 Å². The number of para-hydroxylation sites is 1. The summed E-state index contributed by atoms with van der Waals surface area (Å²) in [6.07, 6.45) is 4.22. The smallest absolute Gasteiger partial charge is 0.261 e. The first-order valence-electron chi connectivity index (χ1n) is 11.6. The summed E-state index contributed by atoms with van der Waals surface area (Å²) in [7, 11) is -3.81. The van der Waals surface area contributed by atoms with E-state index < -0.39 is 15.8 Å². The molecule has 1 fully saturated rings. The molecule has 0 saturated carbocycles. The van der Waals surface area contributed by atoms with Crippen LogP contribution in [-0.2, 0) is 21.2 Å². The van der Waals surface area contributed by atoms with Gasteiger partial charge < -0.3 is 9.88 Å². The van der Waals surface area contributed by atoms with Gasteiger partial charge in [0.15, 0.2) is 0 Å². The van der Waals surface area contributed by atoms with Gasteiger partial charge in [0.05, 0.1) is 11.3 Å². The monoisotopic (exact) mass is 491 g/mol. The highest BCUT2D eigenvalue weighted by atomic mass is 32.2. The molecule has 0 bridgehead atoms. The first kappa shape index (κ1) is 23.1. The van der Waals surface area contributed by atoms with Crippen molar-refractivity contribution in [3.63, 3.8) is 0 Å². The van der Waals surface area contributed by atoms with Crippen LogP contribution < -0.4 is 4.72 Å². The number of sulfonamides is 1. The Labute approximate surface area is 203 Å². The predicted octanol–water partition coefficient (Wildman–Crippen LogP) is 5.06. The summed E-state index contributed by atoms with van der Waals surface area (Å²) < 4.78 is 40.5. The minimum Gasteiger partial charge on any atom is -0.361 e. The first-order valence-corrected chi connectivity index (χ1v) is 13.1. The first-order chi connectivity index (χ1) is 16.9. The fourth-order valence-electron chi connectivity index (χ4n) is 4.68. The highest BCUT2D eigenvalue weighted by Crippen LogP contribution is 2.33. The van der Waals surface area contributed by atoms with Crippen molar-refractivity contribution in [3.8, 4) is 0 Å². The Morgan fingerprint density at radius 1 is 0.971 bits per heavy atom. The number of benzene rings is 3. The van der Waals surface area contributed by atoms with Gasteiger partial charge in [0.25, 0.3) is 10.0 Å². The largest absolute Gasteiger partial charge is 0.361 e. The van der Waals surface area contributed by atoms with E-state index in [0.717, 1.165) is 49.1 Å². The Bertz CT molecular complexity index is 1440. The normalized spacial score (nSPS) is 14.8. The molecule has 2 N–H and O–H groups in total. The number of likely N-dealkylation sites (tertiary alicyclic amines) is 1. The van der Waals surface area contributed by atoms with E-state index in [-0.39, 0.29) is 17.2 Å². The van der Waals surface area contributed by atoms with Crippen LogP contribution in [0.25, 0.3) is 10.9 Å². The number of piperidine rings is 1. The number of aromatic amines is 1. The maximum atomic E-state index is 13.1. The minimum atomic E-state index is -3.81. The number of nitrogens with zero attached hydrogens (tertiary/aromatic N) is 1. The molecule has 2 heterocycles. The molecule has 0 atom stereocenters. The second-order valence-electron chi connectivity index (χ2n) is 8.88. The molecule has 0 radical (unpaired) electrons. The summed E-state index contributed by atoms with van der Waals surface area (Å²) in [5.74, 6) is 0.00537. The van der Waals surface area contributed by atoms with Crippen molar-refractivity contribution >= 4 is 32.5 Å². The quantitative estimate of drug-likeness (QED) is 0.396. The number of rotatable bonds is 6. The van der Waals surface area contributed by atoms with Crippen molar-refractivity contribution in [2.24, 2.45) is 0 Å². The number of hydrogen-bond donors (Lipinski definition) is 2. The third-order valence-corrected chi connectivity index (χ3v) is 7.99. The van der Waals surface area contributed by atoms with Gasteiger partial charge in [-0.05, 0) is 72.4 Å². The summed E-state index contributed by atoms with van der Waals surface area (Å²) in [6.45, 7) is 1.44. The number of carbonyl (C=O) groups excluding carboxylic acids is 1. The number of aromatic nitrogens is 1. The van der Waals surface area contributed by atoms with Gasteiger partial charge in [0.1, 0.15) is 5.82 Å². The number of anilines is 1. The van der Waals surface area contributed by atoms with Crippen molar-refractivity contribution in [2.75, 3.05) is 17.8 Å². The van der Waals surface area contributed by atoms with E-state index in [4.69, 9.17) is 0 Å². The van der Waals surface area contributed by atoms with E-state index in [2.05, 4.69) is 34.1 Å². The van der Waals surface area contributed by atoms with Gasteiger partial charge in [-0.1, -0.05) is 30.3 Å². The number of carbonyl (C=O) groups is 1. The zero-order valence-corrected chi connectivity index (χ0v) is 19.9. The standard InChI is InChI=1S/C27H26FN3O3S/c28-21-7-11-23(12-8-21)35(33,34)30-22-9-5-19(6-10-22)17-27(32)31-15-13-20(14-16-31)25-18-29-26-4-2-1-3-24(25)26/h1-12,18,20,29-30H,13-17H2. The second kappa shape index (κ2) is 9.54. The van der Waals surface area contributed by atoms with E-state index in [9.17, 15) is 17.6 Å². The molecule has 0 spiro atoms. The van der Waals surface area contributed by atoms with Crippen molar-refractivity contribution in [1.82, 2.24) is 9.88 Å². The third-order valence-electron chi connectivity index (χ3n) is 6.59. The van der Waals surface area contributed by atoms with Crippen LogP contribution in [0.1, 0.15) is 29.9 Å². The lowest BCUT2D eigenvalue weighted by Crippen LogP contribution is -2.38. The molecule has 1 aliphatic rings. The van der Waals surface area contributed by atoms with Crippen molar-refractivity contribution in [3.05, 3.63) is 95.9 Å². The molecular weight excluding hydrogens is 465 g/mol. The number of fused-ring (bicyclic) bond motifs is 1. The van der Waals surface area contributed by atoms with Gasteiger partial charge in [-0.3, -0.25) is 9.52 Å². The summed E-state index contributed by atoms with van der Waals surface area (Å²) >= 11 is 0. The van der Waals surface area contributed by atoms with Gasteiger partial charge in [0.2, 0.25) is 5.91 Å². The molecule has 0 aliphatic carbocycles. The predicted molar refractivity (Wildman–Crippen MR) is 134 cm³/mol. The Kier molecular flexibility index (Phi) is 6.30. The van der Waals surface area contributed by atoms with Gasteiger partial charge in [-0.25, -0.2) is 12.8 Å². The zero-order chi connectivity index (χ0) is 24.4. The van der Waals surface area contributed by atoms with E-state index in [0.29, 0.717) is 11.6 Å². The highest BCUT2D eigenvalue weighted by Gasteiger charge is 2.25. The summed E-state index contributed by atoms with van der Waals surface area (Å²) in [6, 6.07) is 19.7. The van der Waals surface area contributed by atoms with E-state index in [1.54, 1.807) is 24.3 Å². The third kappa shape index (κ3) is 5.07. The summed E-state index contributed by atoms with van der Waals surface area (Å²) in [5.41, 5.74) is 3.67. The maximum absolute atomic E-state index is 13.1. The molecule has 3 aromatic carbocycles. The van der Waals surface area contributed by atoms with Gasteiger partial charge >= 0.3 is 0 Å². The number of H-pyrrole nitrogens is 1. The molecular formula is C27H26FN3O3S. The van der Waals surface area contributed by atoms with Crippen molar-refractivity contribution < 1.29 is 17.6 Å². The van der Waals surface area contributed by atoms with E-state index in [1.807, 2.05) is 11.0 Å². The van der Waals surface area contributed by atoms with Gasteiger partial charge in [-0.2, -0.15) is 0 Å². The highest BCUT2D eigenvalue weighted by molar-refractivity contribution is 7.92. The van der Waals surface area contributed by atoms with Gasteiger partial charge in [-0.15, -0.1) is 0 Å². The van der Waals surface area contributed by atoms with Crippen molar-refractivity contribution in [2.45, 2.75) is 30.1 Å². The Morgan fingerprint density at radius 2 is 1.66 bits per heavy atom. The van der Waals surface area contributed by atoms with Crippen LogP contribution in [0.2, 0.25) is 0 Å². The molecule has 4 aromatic rings. The number of hydrogen-bond acceptors (Lipinski definition) is 3. The van der Waals surface area contributed by atoms with Crippen LogP contribution in [0.5, 0.6) is 0 Å². The van der Waals surface area contributed by atoms with Crippen LogP contribution in [-0.4, -0.2) is 37.3 Å². The van der Waals surface area contributed by atoms with Crippen LogP contribution in [0.4, 0.5) is 10.1 Å². The summed E-state index contributed by atoms with van der Waals surface area (Å²) in [5, 5.41) is 1.26. The van der Waals surface area contributed by atoms with Crippen molar-refractivity contribution in [1.29, 1.82) is 0 Å². The molecule has 5 rings (SSSR count). The molecule has 1 amide bonds. The number of nitrogens with one attached hydrogen (secondary N) is 2. The fraction of sp³-hybridized carbons (Fsp3) is 0.222. The maximum Gasteiger partial charge on any atom is 0.261 e. The lowest BCUT2D eigenvalue weighted by atomic mass is 9.89. The SMILES string of the molecule is O=C(Cc1ccc(NS(=O)(=O)c2ccc(F)cc2)cc1)N1CCC(c2c[nH]c3ccccc23)CC1. The molecule has 0 unspecified atom stereocenters. The molecule has 35 heavy (non-hydrogen) atoms. The average molecular weight is 492 g/mol. The molecule has 1 aliphatic heterocycles. The average Bonchev–Trinajstić information content (AvgIpc) is 3.30. The molecule has 180 valence electrons. The minimum absolute atomic E-state index is 0.0193. The number of halogens is 1. The molecule has 1 aromatic heterocycles. The Morgan fingerprint density at radius 3 is 2.37 bits per heavy atom.